The molecule has 0 rings (SSSR count). The number of hydrogen-bond acceptors (Lipinski definition) is 2. The molecule has 0 bridgehead atoms. The van der Waals surface area contributed by atoms with Crippen LogP contribution in [0, 0.1) is 0 Å². The van der Waals surface area contributed by atoms with Gasteiger partial charge in [-0.05, 0) is 26.3 Å². The van der Waals surface area contributed by atoms with E-state index in [1.165, 1.54) is 0 Å². The van der Waals surface area contributed by atoms with E-state index in [0.29, 0.717) is 0 Å². The van der Waals surface area contributed by atoms with Gasteiger partial charge >= 0.3 is 0 Å². The standard InChI is InChI=1S/C9H19NOS/c1-4-5-6-7-10-8-9(2)12(3)11/h4,9-10H,1,5-8H2,2-3H3. The van der Waals surface area contributed by atoms with E-state index in [1.54, 1.807) is 6.26 Å². The molecule has 0 aromatic rings. The molecule has 0 aliphatic rings. The van der Waals surface area contributed by atoms with Crippen LogP contribution < -0.4 is 5.32 Å². The minimum Gasteiger partial charge on any atom is -0.316 e. The van der Waals surface area contributed by atoms with Gasteiger partial charge in [0.15, 0.2) is 0 Å². The van der Waals surface area contributed by atoms with Gasteiger partial charge in [0.1, 0.15) is 0 Å². The average molecular weight is 189 g/mol. The quantitative estimate of drug-likeness (QED) is 0.483. The van der Waals surface area contributed by atoms with E-state index < -0.39 is 10.8 Å². The van der Waals surface area contributed by atoms with Crippen molar-refractivity contribution in [3.8, 4) is 0 Å². The van der Waals surface area contributed by atoms with Crippen LogP contribution in [0.5, 0.6) is 0 Å². The maximum absolute atomic E-state index is 10.9. The molecular formula is C9H19NOS. The van der Waals surface area contributed by atoms with Gasteiger partial charge < -0.3 is 5.32 Å². The Bertz CT molecular complexity index is 147. The third kappa shape index (κ3) is 6.55. The summed E-state index contributed by atoms with van der Waals surface area (Å²) in [6.45, 7) is 7.48. The summed E-state index contributed by atoms with van der Waals surface area (Å²) in [5.41, 5.74) is 0. The summed E-state index contributed by atoms with van der Waals surface area (Å²) in [5, 5.41) is 3.52. The van der Waals surface area contributed by atoms with E-state index in [9.17, 15) is 4.21 Å². The van der Waals surface area contributed by atoms with Gasteiger partial charge in [-0.25, -0.2) is 0 Å². The van der Waals surface area contributed by atoms with E-state index in [1.807, 2.05) is 13.0 Å². The van der Waals surface area contributed by atoms with Crippen molar-refractivity contribution in [3.05, 3.63) is 12.7 Å². The van der Waals surface area contributed by atoms with Gasteiger partial charge in [-0.1, -0.05) is 6.08 Å². The van der Waals surface area contributed by atoms with Crippen molar-refractivity contribution >= 4 is 10.8 Å². The Morgan fingerprint density at radius 1 is 1.67 bits per heavy atom. The van der Waals surface area contributed by atoms with E-state index in [2.05, 4.69) is 11.9 Å². The third-order valence-electron chi connectivity index (χ3n) is 1.76. The molecule has 0 saturated carbocycles. The largest absolute Gasteiger partial charge is 0.316 e. The lowest BCUT2D eigenvalue weighted by Gasteiger charge is -2.08. The smallest absolute Gasteiger partial charge is 0.0441 e. The third-order valence-corrected chi connectivity index (χ3v) is 3.06. The zero-order chi connectivity index (χ0) is 9.40. The highest BCUT2D eigenvalue weighted by atomic mass is 32.2. The van der Waals surface area contributed by atoms with Gasteiger partial charge in [-0.2, -0.15) is 0 Å². The van der Waals surface area contributed by atoms with Crippen LogP contribution in [0.3, 0.4) is 0 Å². The van der Waals surface area contributed by atoms with Gasteiger partial charge in [0, 0.05) is 28.9 Å². The Hall–Kier alpha value is -0.150. The maximum atomic E-state index is 10.9. The minimum absolute atomic E-state index is 0.258. The van der Waals surface area contributed by atoms with Crippen molar-refractivity contribution in [1.82, 2.24) is 5.32 Å². The molecule has 1 N–H and O–H groups in total. The molecular weight excluding hydrogens is 170 g/mol. The molecule has 0 spiro atoms. The molecule has 2 atom stereocenters. The van der Waals surface area contributed by atoms with Crippen molar-refractivity contribution in [2.75, 3.05) is 19.3 Å². The highest BCUT2D eigenvalue weighted by molar-refractivity contribution is 7.84. The van der Waals surface area contributed by atoms with E-state index in [4.69, 9.17) is 0 Å². The lowest BCUT2D eigenvalue weighted by atomic mass is 10.3. The van der Waals surface area contributed by atoms with Gasteiger partial charge in [-0.15, -0.1) is 6.58 Å². The Balaban J connectivity index is 3.19. The van der Waals surface area contributed by atoms with Crippen LogP contribution in [0.1, 0.15) is 19.8 Å². The second kappa shape index (κ2) is 7.50. The molecule has 0 saturated heterocycles. The summed E-state index contributed by atoms with van der Waals surface area (Å²) < 4.78 is 10.9. The molecule has 0 aliphatic heterocycles. The van der Waals surface area contributed by atoms with Crippen molar-refractivity contribution in [1.29, 1.82) is 0 Å². The van der Waals surface area contributed by atoms with Gasteiger partial charge in [0.25, 0.3) is 0 Å². The maximum Gasteiger partial charge on any atom is 0.0441 e. The Kier molecular flexibility index (Phi) is 7.40. The molecule has 2 unspecified atom stereocenters. The summed E-state index contributed by atoms with van der Waals surface area (Å²) in [4.78, 5) is 0. The first-order chi connectivity index (χ1) is 5.68. The van der Waals surface area contributed by atoms with Crippen molar-refractivity contribution in [2.45, 2.75) is 25.0 Å². The average Bonchev–Trinajstić information content (AvgIpc) is 2.03. The van der Waals surface area contributed by atoms with Crippen molar-refractivity contribution in [3.63, 3.8) is 0 Å². The molecule has 0 fully saturated rings. The van der Waals surface area contributed by atoms with Crippen LogP contribution in [-0.2, 0) is 10.8 Å². The fourth-order valence-corrected chi connectivity index (χ4v) is 1.15. The zero-order valence-electron chi connectivity index (χ0n) is 8.01. The second-order valence-corrected chi connectivity index (χ2v) is 4.75. The molecule has 0 radical (unpaired) electrons. The first kappa shape index (κ1) is 11.8. The molecule has 72 valence electrons. The van der Waals surface area contributed by atoms with Crippen LogP contribution in [0.2, 0.25) is 0 Å². The second-order valence-electron chi connectivity index (χ2n) is 2.94. The summed E-state index contributed by atoms with van der Waals surface area (Å²) in [6, 6.07) is 0. The Morgan fingerprint density at radius 2 is 2.33 bits per heavy atom. The molecule has 0 aliphatic carbocycles. The van der Waals surface area contributed by atoms with Crippen LogP contribution >= 0.6 is 0 Å². The van der Waals surface area contributed by atoms with Crippen LogP contribution in [0.25, 0.3) is 0 Å². The summed E-state index contributed by atoms with van der Waals surface area (Å²) >= 11 is 0. The minimum atomic E-state index is -0.700. The number of hydrogen-bond donors (Lipinski definition) is 1. The van der Waals surface area contributed by atoms with Gasteiger partial charge in [0.2, 0.25) is 0 Å². The van der Waals surface area contributed by atoms with Gasteiger partial charge in [-0.3, -0.25) is 4.21 Å². The Morgan fingerprint density at radius 3 is 2.83 bits per heavy atom. The lowest BCUT2D eigenvalue weighted by molar-refractivity contribution is 0.631. The fraction of sp³-hybridized carbons (Fsp3) is 0.778. The lowest BCUT2D eigenvalue weighted by Crippen LogP contribution is -2.28. The normalized spacial score (nSPS) is 15.5. The monoisotopic (exact) mass is 189 g/mol. The number of allylic oxidation sites excluding steroid dienone is 1. The summed E-state index contributed by atoms with van der Waals surface area (Å²) in [5.74, 6) is 0. The van der Waals surface area contributed by atoms with Crippen LogP contribution in [0.4, 0.5) is 0 Å². The topological polar surface area (TPSA) is 29.1 Å². The van der Waals surface area contributed by atoms with E-state index in [0.717, 1.165) is 25.9 Å². The number of unbranched alkanes of at least 4 members (excludes halogenated alkanes) is 1. The Labute approximate surface area is 77.9 Å². The number of nitrogens with one attached hydrogen (secondary N) is 1. The highest BCUT2D eigenvalue weighted by Gasteiger charge is 2.03. The zero-order valence-corrected chi connectivity index (χ0v) is 8.82. The molecule has 0 aromatic carbocycles. The van der Waals surface area contributed by atoms with Crippen LogP contribution in [-0.4, -0.2) is 28.8 Å². The van der Waals surface area contributed by atoms with E-state index in [-0.39, 0.29) is 5.25 Å². The first-order valence-corrected chi connectivity index (χ1v) is 5.94. The molecule has 12 heavy (non-hydrogen) atoms. The molecule has 3 heteroatoms. The predicted octanol–water partition coefficient (Wildman–Crippen LogP) is 1.31. The van der Waals surface area contributed by atoms with Crippen LogP contribution in [0.15, 0.2) is 12.7 Å². The summed E-state index contributed by atoms with van der Waals surface area (Å²) in [7, 11) is -0.700. The first-order valence-electron chi connectivity index (χ1n) is 4.32. The number of rotatable bonds is 7. The summed E-state index contributed by atoms with van der Waals surface area (Å²) in [6.07, 6.45) is 5.84. The van der Waals surface area contributed by atoms with Crippen molar-refractivity contribution in [2.24, 2.45) is 0 Å². The van der Waals surface area contributed by atoms with Crippen molar-refractivity contribution < 1.29 is 4.21 Å². The predicted molar refractivity (Wildman–Crippen MR) is 55.8 cm³/mol. The molecule has 0 amide bonds. The molecule has 0 heterocycles. The SMILES string of the molecule is C=CCCCNCC(C)S(C)=O. The van der Waals surface area contributed by atoms with Gasteiger partial charge in [0.05, 0.1) is 0 Å². The highest BCUT2D eigenvalue weighted by Crippen LogP contribution is 1.91. The molecule has 0 aromatic heterocycles. The molecule has 2 nitrogen and oxygen atoms in total. The van der Waals surface area contributed by atoms with E-state index >= 15 is 0 Å². The fourth-order valence-electron chi connectivity index (χ4n) is 0.794.